The minimum Gasteiger partial charge on any atom is -0.486 e. The first-order valence-electron chi connectivity index (χ1n) is 9.67. The second-order valence-electron chi connectivity index (χ2n) is 7.08. The Morgan fingerprint density at radius 3 is 2.81 bits per heavy atom. The number of sulfonamides is 1. The Hall–Kier alpha value is -3.57. The molecule has 3 aromatic rings. The first kappa shape index (κ1) is 19.4. The molecule has 31 heavy (non-hydrogen) atoms. The number of anilines is 5. The number of nitrogens with two attached hydrogens (primary N) is 1. The minimum atomic E-state index is -4.09. The molecule has 160 valence electrons. The van der Waals surface area contributed by atoms with Crippen molar-refractivity contribution >= 4 is 38.9 Å². The monoisotopic (exact) mass is 440 g/mol. The van der Waals surface area contributed by atoms with Crippen molar-refractivity contribution in [2.75, 3.05) is 35.7 Å². The lowest BCUT2D eigenvalue weighted by Crippen LogP contribution is -2.21. The molecule has 0 amide bonds. The summed E-state index contributed by atoms with van der Waals surface area (Å²) in [5.74, 6) is 1.17. The van der Waals surface area contributed by atoms with E-state index in [1.165, 1.54) is 5.56 Å². The highest BCUT2D eigenvalue weighted by Gasteiger charge is 2.27. The summed E-state index contributed by atoms with van der Waals surface area (Å²) in [5, 5.41) is 15.0. The SMILES string of the molecule is NS(=O)(=O)c1c(Nc2ccnc(Nc3ccc4c(c3)NCC4)n2)ccc2c1OCCO2. The number of hydrogen-bond acceptors (Lipinski definition) is 9. The molecule has 0 spiro atoms. The van der Waals surface area contributed by atoms with Crippen molar-refractivity contribution in [3.63, 3.8) is 0 Å². The predicted molar refractivity (Wildman–Crippen MR) is 116 cm³/mol. The fourth-order valence-corrected chi connectivity index (χ4v) is 4.44. The molecule has 0 fully saturated rings. The lowest BCUT2D eigenvalue weighted by Gasteiger charge is -2.22. The van der Waals surface area contributed by atoms with Gasteiger partial charge < -0.3 is 25.4 Å². The molecule has 0 unspecified atom stereocenters. The van der Waals surface area contributed by atoms with Gasteiger partial charge in [-0.2, -0.15) is 4.98 Å². The quantitative estimate of drug-likeness (QED) is 0.470. The van der Waals surface area contributed by atoms with Crippen LogP contribution in [0.1, 0.15) is 5.56 Å². The number of nitrogens with zero attached hydrogens (tertiary/aromatic N) is 2. The molecular weight excluding hydrogens is 420 g/mol. The summed E-state index contributed by atoms with van der Waals surface area (Å²) >= 11 is 0. The maximum atomic E-state index is 12.3. The van der Waals surface area contributed by atoms with Crippen LogP contribution in [0, 0.1) is 0 Å². The molecular formula is C20H20N6O4S. The third kappa shape index (κ3) is 3.92. The van der Waals surface area contributed by atoms with Crippen LogP contribution in [0.25, 0.3) is 0 Å². The van der Waals surface area contributed by atoms with Gasteiger partial charge in [-0.3, -0.25) is 0 Å². The van der Waals surface area contributed by atoms with E-state index in [0.717, 1.165) is 24.3 Å². The molecule has 11 heteroatoms. The van der Waals surface area contributed by atoms with Gasteiger partial charge in [0.1, 0.15) is 19.0 Å². The van der Waals surface area contributed by atoms with E-state index in [4.69, 9.17) is 14.6 Å². The maximum Gasteiger partial charge on any atom is 0.243 e. The van der Waals surface area contributed by atoms with Gasteiger partial charge in [0.15, 0.2) is 16.4 Å². The summed E-state index contributed by atoms with van der Waals surface area (Å²) in [5.41, 5.74) is 3.44. The highest BCUT2D eigenvalue weighted by molar-refractivity contribution is 7.89. The van der Waals surface area contributed by atoms with E-state index in [1.54, 1.807) is 24.4 Å². The van der Waals surface area contributed by atoms with Gasteiger partial charge >= 0.3 is 0 Å². The smallest absolute Gasteiger partial charge is 0.243 e. The summed E-state index contributed by atoms with van der Waals surface area (Å²) in [6.07, 6.45) is 2.57. The van der Waals surface area contributed by atoms with E-state index in [1.807, 2.05) is 12.1 Å². The third-order valence-corrected chi connectivity index (χ3v) is 5.92. The molecule has 2 aliphatic heterocycles. The van der Waals surface area contributed by atoms with Gasteiger partial charge in [-0.15, -0.1) is 0 Å². The van der Waals surface area contributed by atoms with Crippen molar-refractivity contribution in [1.29, 1.82) is 0 Å². The zero-order valence-electron chi connectivity index (χ0n) is 16.4. The molecule has 2 aromatic carbocycles. The summed E-state index contributed by atoms with van der Waals surface area (Å²) in [6, 6.07) is 10.9. The van der Waals surface area contributed by atoms with Gasteiger partial charge in [0.2, 0.25) is 16.0 Å². The second-order valence-corrected chi connectivity index (χ2v) is 8.57. The van der Waals surface area contributed by atoms with Crippen LogP contribution in [0.3, 0.4) is 0 Å². The van der Waals surface area contributed by atoms with Gasteiger partial charge in [-0.05, 0) is 42.3 Å². The number of aromatic nitrogens is 2. The Morgan fingerprint density at radius 2 is 1.94 bits per heavy atom. The van der Waals surface area contributed by atoms with Crippen LogP contribution >= 0.6 is 0 Å². The van der Waals surface area contributed by atoms with Crippen LogP contribution in [0.5, 0.6) is 11.5 Å². The average Bonchev–Trinajstić information content (AvgIpc) is 3.21. The van der Waals surface area contributed by atoms with E-state index >= 15 is 0 Å². The van der Waals surface area contributed by atoms with Crippen LogP contribution in [0.2, 0.25) is 0 Å². The average molecular weight is 440 g/mol. The van der Waals surface area contributed by atoms with Crippen molar-refractivity contribution in [2.45, 2.75) is 11.3 Å². The fraction of sp³-hybridized carbons (Fsp3) is 0.200. The van der Waals surface area contributed by atoms with Gasteiger partial charge in [-0.1, -0.05) is 6.07 Å². The molecule has 10 nitrogen and oxygen atoms in total. The van der Waals surface area contributed by atoms with Crippen molar-refractivity contribution in [3.05, 3.63) is 48.2 Å². The molecule has 2 aliphatic rings. The largest absolute Gasteiger partial charge is 0.486 e. The van der Waals surface area contributed by atoms with E-state index in [0.29, 0.717) is 24.1 Å². The van der Waals surface area contributed by atoms with Crippen LogP contribution in [-0.4, -0.2) is 38.1 Å². The molecule has 1 aromatic heterocycles. The zero-order chi connectivity index (χ0) is 21.4. The van der Waals surface area contributed by atoms with E-state index < -0.39 is 10.0 Å². The number of nitrogens with one attached hydrogen (secondary N) is 3. The van der Waals surface area contributed by atoms with Gasteiger partial charge in [-0.25, -0.2) is 18.5 Å². The Bertz CT molecular complexity index is 1260. The molecule has 0 aliphatic carbocycles. The Labute approximate surface area is 178 Å². The number of benzene rings is 2. The molecule has 3 heterocycles. The van der Waals surface area contributed by atoms with Crippen LogP contribution in [0.15, 0.2) is 47.5 Å². The number of fused-ring (bicyclic) bond motifs is 2. The second kappa shape index (κ2) is 7.60. The molecule has 0 bridgehead atoms. The first-order chi connectivity index (χ1) is 15.0. The number of primary sulfonamides is 1. The third-order valence-electron chi connectivity index (χ3n) is 4.94. The summed E-state index contributed by atoms with van der Waals surface area (Å²) in [4.78, 5) is 8.49. The van der Waals surface area contributed by atoms with Crippen molar-refractivity contribution in [3.8, 4) is 11.5 Å². The molecule has 5 N–H and O–H groups in total. The van der Waals surface area contributed by atoms with Gasteiger partial charge in [0, 0.05) is 24.1 Å². The number of hydrogen-bond donors (Lipinski definition) is 4. The minimum absolute atomic E-state index is 0.0943. The molecule has 5 rings (SSSR count). The summed E-state index contributed by atoms with van der Waals surface area (Å²) in [6.45, 7) is 1.50. The molecule has 0 atom stereocenters. The zero-order valence-corrected chi connectivity index (χ0v) is 17.2. The van der Waals surface area contributed by atoms with E-state index in [2.05, 4.69) is 32.0 Å². The number of rotatable bonds is 5. The lowest BCUT2D eigenvalue weighted by molar-refractivity contribution is 0.167. The van der Waals surface area contributed by atoms with Crippen molar-refractivity contribution < 1.29 is 17.9 Å². The Kier molecular flexibility index (Phi) is 4.75. The molecule has 0 saturated heterocycles. The highest BCUT2D eigenvalue weighted by atomic mass is 32.2. The van der Waals surface area contributed by atoms with Crippen LogP contribution < -0.4 is 30.6 Å². The topological polar surface area (TPSA) is 140 Å². The Balaban J connectivity index is 1.44. The van der Waals surface area contributed by atoms with Crippen LogP contribution in [-0.2, 0) is 16.4 Å². The fourth-order valence-electron chi connectivity index (χ4n) is 3.60. The summed E-state index contributed by atoms with van der Waals surface area (Å²) in [7, 11) is -4.09. The standard InChI is InChI=1S/C20H20N6O4S/c21-31(27,28)19-14(3-4-16-18(19)30-10-9-29-16)25-17-6-8-23-20(26-17)24-13-2-1-12-5-7-22-15(12)11-13/h1-4,6,8,11,22H,5,7,9-10H2,(H2,21,27,28)(H2,23,24,25,26). The highest BCUT2D eigenvalue weighted by Crippen LogP contribution is 2.41. The van der Waals surface area contributed by atoms with E-state index in [-0.39, 0.29) is 22.9 Å². The van der Waals surface area contributed by atoms with Crippen LogP contribution in [0.4, 0.5) is 28.8 Å². The van der Waals surface area contributed by atoms with E-state index in [9.17, 15) is 8.42 Å². The van der Waals surface area contributed by atoms with Gasteiger partial charge in [0.05, 0.1) is 5.69 Å². The summed E-state index contributed by atoms with van der Waals surface area (Å²) < 4.78 is 35.5. The maximum absolute atomic E-state index is 12.3. The normalized spacial score (nSPS) is 14.5. The lowest BCUT2D eigenvalue weighted by atomic mass is 10.1. The molecule has 0 radical (unpaired) electrons. The van der Waals surface area contributed by atoms with Crippen molar-refractivity contribution in [2.24, 2.45) is 5.14 Å². The van der Waals surface area contributed by atoms with Crippen molar-refractivity contribution in [1.82, 2.24) is 9.97 Å². The van der Waals surface area contributed by atoms with Gasteiger partial charge in [0.25, 0.3) is 0 Å². The molecule has 0 saturated carbocycles. The Morgan fingerprint density at radius 1 is 1.06 bits per heavy atom. The predicted octanol–water partition coefficient (Wildman–Crippen LogP) is 2.35. The first-order valence-corrected chi connectivity index (χ1v) is 11.2. The number of ether oxygens (including phenoxy) is 2.